The molecule has 1 aliphatic rings. The molecule has 0 saturated carbocycles. The Morgan fingerprint density at radius 1 is 0.806 bits per heavy atom. The zero-order valence-corrected chi connectivity index (χ0v) is 21.2. The van der Waals surface area contributed by atoms with Crippen molar-refractivity contribution in [2.75, 3.05) is 51.7 Å². The normalized spacial score (nSPS) is 14.7. The summed E-state index contributed by atoms with van der Waals surface area (Å²) in [5, 5.41) is 2.43. The molecule has 4 aromatic rings. The van der Waals surface area contributed by atoms with E-state index in [4.69, 9.17) is 0 Å². The summed E-state index contributed by atoms with van der Waals surface area (Å²) in [6.45, 7) is 4.66. The van der Waals surface area contributed by atoms with Crippen molar-refractivity contribution in [2.45, 2.75) is 11.8 Å². The highest BCUT2D eigenvalue weighted by molar-refractivity contribution is 5.93. The van der Waals surface area contributed by atoms with Gasteiger partial charge >= 0.3 is 0 Å². The van der Waals surface area contributed by atoms with Crippen LogP contribution in [-0.4, -0.2) is 67.5 Å². The molecule has 0 bridgehead atoms. The highest BCUT2D eigenvalue weighted by Crippen LogP contribution is 2.38. The minimum Gasteiger partial charge on any atom is -0.367 e. The maximum Gasteiger partial charge on any atom is 0.237 e. The number of rotatable bonds is 7. The van der Waals surface area contributed by atoms with Crippen LogP contribution in [0.3, 0.4) is 0 Å². The van der Waals surface area contributed by atoms with E-state index in [-0.39, 0.29) is 5.91 Å². The second-order valence-corrected chi connectivity index (χ2v) is 9.80. The number of piperazine rings is 1. The maximum atomic E-state index is 13.9. The van der Waals surface area contributed by atoms with Gasteiger partial charge in [-0.1, -0.05) is 84.9 Å². The Morgan fingerprint density at radius 2 is 1.39 bits per heavy atom. The first-order valence-corrected chi connectivity index (χ1v) is 12.7. The van der Waals surface area contributed by atoms with Crippen molar-refractivity contribution < 1.29 is 4.79 Å². The molecule has 184 valence electrons. The van der Waals surface area contributed by atoms with E-state index in [1.165, 1.54) is 16.5 Å². The van der Waals surface area contributed by atoms with Crippen molar-refractivity contribution >= 4 is 22.4 Å². The summed E-state index contributed by atoms with van der Waals surface area (Å²) in [5.74, 6) is 0.125. The number of hydrogen-bond donors (Lipinski definition) is 0. The molecule has 5 heteroatoms. The number of likely N-dealkylation sites (N-methyl/N-ethyl adjacent to an activating group) is 1. The minimum absolute atomic E-state index is 0.125. The molecule has 1 saturated heterocycles. The summed E-state index contributed by atoms with van der Waals surface area (Å²) >= 11 is 0. The standard InChI is InChI=1S/C31H34N4O/c1-33(2)30(36)31(26-12-5-3-6-13-26,27-14-7-4-8-15-27)17-18-34-19-21-35(22-20-34)29-24-32-23-25-11-9-10-16-28(25)29/h3-16,23-24H,17-22H2,1-2H3. The number of pyridine rings is 1. The number of benzene rings is 3. The lowest BCUT2D eigenvalue weighted by Crippen LogP contribution is -2.50. The minimum atomic E-state index is -0.720. The Kier molecular flexibility index (Phi) is 7.01. The Labute approximate surface area is 214 Å². The quantitative estimate of drug-likeness (QED) is 0.382. The van der Waals surface area contributed by atoms with E-state index in [0.717, 1.165) is 50.3 Å². The van der Waals surface area contributed by atoms with Gasteiger partial charge in [0, 0.05) is 57.2 Å². The lowest BCUT2D eigenvalue weighted by molar-refractivity contribution is -0.133. The molecule has 1 fully saturated rings. The van der Waals surface area contributed by atoms with Crippen LogP contribution in [0, 0.1) is 0 Å². The van der Waals surface area contributed by atoms with Crippen LogP contribution in [0.1, 0.15) is 17.5 Å². The number of nitrogens with zero attached hydrogens (tertiary/aromatic N) is 4. The zero-order valence-electron chi connectivity index (χ0n) is 21.2. The molecule has 1 aromatic heterocycles. The van der Waals surface area contributed by atoms with Gasteiger partial charge in [-0.25, -0.2) is 0 Å². The summed E-state index contributed by atoms with van der Waals surface area (Å²) < 4.78 is 0. The van der Waals surface area contributed by atoms with Gasteiger partial charge in [0.15, 0.2) is 0 Å². The summed E-state index contributed by atoms with van der Waals surface area (Å²) in [6.07, 6.45) is 4.65. The van der Waals surface area contributed by atoms with E-state index in [1.807, 2.05) is 62.9 Å². The van der Waals surface area contributed by atoms with Gasteiger partial charge in [0.25, 0.3) is 0 Å². The number of aromatic nitrogens is 1. The van der Waals surface area contributed by atoms with Gasteiger partial charge in [-0.05, 0) is 24.1 Å². The van der Waals surface area contributed by atoms with Crippen LogP contribution in [0.4, 0.5) is 5.69 Å². The third-order valence-corrected chi connectivity index (χ3v) is 7.47. The molecule has 1 amide bonds. The number of anilines is 1. The predicted octanol–water partition coefficient (Wildman–Crippen LogP) is 4.82. The molecule has 5 nitrogen and oxygen atoms in total. The molecule has 1 aliphatic heterocycles. The second kappa shape index (κ2) is 10.5. The number of carbonyl (C=O) groups excluding carboxylic acids is 1. The van der Waals surface area contributed by atoms with Crippen molar-refractivity contribution in [1.29, 1.82) is 0 Å². The molecule has 0 N–H and O–H groups in total. The van der Waals surface area contributed by atoms with Crippen LogP contribution in [-0.2, 0) is 10.2 Å². The predicted molar refractivity (Wildman–Crippen MR) is 147 cm³/mol. The fourth-order valence-electron chi connectivity index (χ4n) is 5.53. The Morgan fingerprint density at radius 3 is 2.00 bits per heavy atom. The van der Waals surface area contributed by atoms with Gasteiger partial charge < -0.3 is 9.80 Å². The van der Waals surface area contributed by atoms with Gasteiger partial charge in [-0.3, -0.25) is 14.7 Å². The molecule has 2 heterocycles. The third-order valence-electron chi connectivity index (χ3n) is 7.47. The first kappa shape index (κ1) is 24.0. The topological polar surface area (TPSA) is 39.7 Å². The average Bonchev–Trinajstić information content (AvgIpc) is 2.94. The van der Waals surface area contributed by atoms with E-state index in [0.29, 0.717) is 0 Å². The molecule has 3 aromatic carbocycles. The van der Waals surface area contributed by atoms with E-state index in [2.05, 4.69) is 63.3 Å². The highest BCUT2D eigenvalue weighted by Gasteiger charge is 2.43. The summed E-state index contributed by atoms with van der Waals surface area (Å²) in [4.78, 5) is 25.1. The van der Waals surface area contributed by atoms with Crippen LogP contribution in [0.25, 0.3) is 10.8 Å². The van der Waals surface area contributed by atoms with Crippen molar-refractivity contribution in [3.63, 3.8) is 0 Å². The fraction of sp³-hybridized carbons (Fsp3) is 0.290. The van der Waals surface area contributed by atoms with Crippen LogP contribution >= 0.6 is 0 Å². The van der Waals surface area contributed by atoms with Crippen molar-refractivity contribution in [2.24, 2.45) is 0 Å². The molecule has 0 atom stereocenters. The van der Waals surface area contributed by atoms with E-state index < -0.39 is 5.41 Å². The number of amides is 1. The molecule has 0 radical (unpaired) electrons. The maximum absolute atomic E-state index is 13.9. The van der Waals surface area contributed by atoms with Gasteiger partial charge in [0.05, 0.1) is 11.9 Å². The molecule has 5 rings (SSSR count). The zero-order chi connectivity index (χ0) is 25.0. The summed E-state index contributed by atoms with van der Waals surface area (Å²) in [5.41, 5.74) is 2.59. The van der Waals surface area contributed by atoms with Gasteiger partial charge in [-0.15, -0.1) is 0 Å². The SMILES string of the molecule is CN(C)C(=O)C(CCN1CCN(c2cncc3ccccc23)CC1)(c1ccccc1)c1ccccc1. The Bertz CT molecular complexity index is 1250. The van der Waals surface area contributed by atoms with Gasteiger partial charge in [0.2, 0.25) is 5.91 Å². The van der Waals surface area contributed by atoms with Crippen molar-refractivity contribution in [3.05, 3.63) is 108 Å². The second-order valence-electron chi connectivity index (χ2n) is 9.80. The summed E-state index contributed by atoms with van der Waals surface area (Å²) in [7, 11) is 3.72. The lowest BCUT2D eigenvalue weighted by Gasteiger charge is -2.40. The first-order chi connectivity index (χ1) is 17.6. The molecular weight excluding hydrogens is 444 g/mol. The highest BCUT2D eigenvalue weighted by atomic mass is 16.2. The van der Waals surface area contributed by atoms with E-state index >= 15 is 0 Å². The largest absolute Gasteiger partial charge is 0.367 e. The van der Waals surface area contributed by atoms with E-state index in [1.54, 1.807) is 4.90 Å². The molecular formula is C31H34N4O. The van der Waals surface area contributed by atoms with Crippen LogP contribution in [0.15, 0.2) is 97.3 Å². The molecule has 36 heavy (non-hydrogen) atoms. The fourth-order valence-corrected chi connectivity index (χ4v) is 5.53. The van der Waals surface area contributed by atoms with Crippen LogP contribution < -0.4 is 4.90 Å². The number of carbonyl (C=O) groups is 1. The Balaban J connectivity index is 1.37. The van der Waals surface area contributed by atoms with Crippen LogP contribution in [0.2, 0.25) is 0 Å². The van der Waals surface area contributed by atoms with Crippen molar-refractivity contribution in [1.82, 2.24) is 14.8 Å². The average molecular weight is 479 g/mol. The monoisotopic (exact) mass is 478 g/mol. The molecule has 0 aliphatic carbocycles. The Hall–Kier alpha value is -3.70. The van der Waals surface area contributed by atoms with Gasteiger partial charge in [0.1, 0.15) is 5.41 Å². The summed E-state index contributed by atoms with van der Waals surface area (Å²) in [6, 6.07) is 29.0. The smallest absolute Gasteiger partial charge is 0.237 e. The number of fused-ring (bicyclic) bond motifs is 1. The lowest BCUT2D eigenvalue weighted by atomic mass is 9.70. The first-order valence-electron chi connectivity index (χ1n) is 12.7. The third kappa shape index (κ3) is 4.59. The van der Waals surface area contributed by atoms with Crippen LogP contribution in [0.5, 0.6) is 0 Å². The molecule has 0 unspecified atom stereocenters. The van der Waals surface area contributed by atoms with Crippen molar-refractivity contribution in [3.8, 4) is 0 Å². The van der Waals surface area contributed by atoms with Gasteiger partial charge in [-0.2, -0.15) is 0 Å². The van der Waals surface area contributed by atoms with E-state index in [9.17, 15) is 4.79 Å². The molecule has 0 spiro atoms. The number of hydrogen-bond acceptors (Lipinski definition) is 4.